The summed E-state index contributed by atoms with van der Waals surface area (Å²) in [6.45, 7) is 5.22. The Balaban J connectivity index is 1.22. The summed E-state index contributed by atoms with van der Waals surface area (Å²) < 4.78 is 27.5. The maximum atomic E-state index is 14.2. The highest BCUT2D eigenvalue weighted by Crippen LogP contribution is 2.60. The lowest BCUT2D eigenvalue weighted by Gasteiger charge is -2.58. The summed E-state index contributed by atoms with van der Waals surface area (Å²) in [5.74, 6) is -0.721. The van der Waals surface area contributed by atoms with Crippen LogP contribution in [0.2, 0.25) is 0 Å². The molecule has 5 aliphatic rings. The third-order valence-electron chi connectivity index (χ3n) is 9.27. The zero-order chi connectivity index (χ0) is 23.5. The molecule has 1 amide bonds. The summed E-state index contributed by atoms with van der Waals surface area (Å²) in [5, 5.41) is 13.2. The van der Waals surface area contributed by atoms with E-state index in [1.54, 1.807) is 6.07 Å². The molecule has 7 heteroatoms. The number of piperidine rings is 1. The van der Waals surface area contributed by atoms with Gasteiger partial charge in [-0.25, -0.2) is 8.78 Å². The van der Waals surface area contributed by atoms with Crippen LogP contribution in [0.5, 0.6) is 0 Å². The third-order valence-corrected chi connectivity index (χ3v) is 9.27. The number of carboxylic acid groups (broad SMARTS) is 1. The smallest absolute Gasteiger partial charge is 0.309 e. The largest absolute Gasteiger partial charge is 0.481 e. The summed E-state index contributed by atoms with van der Waals surface area (Å²) in [6, 6.07) is 3.85. The molecule has 4 saturated carbocycles. The number of nitrogens with zero attached hydrogens (tertiary/aromatic N) is 1. The molecule has 1 aromatic rings. The number of hydrogen-bond acceptors (Lipinski definition) is 3. The molecule has 0 aromatic heterocycles. The Kier molecular flexibility index (Phi) is 5.54. The lowest BCUT2D eigenvalue weighted by atomic mass is 9.48. The first-order valence-electron chi connectivity index (χ1n) is 12.3. The predicted octanol–water partition coefficient (Wildman–Crippen LogP) is 4.32. The Bertz CT molecular complexity index is 941. The fourth-order valence-corrected chi connectivity index (χ4v) is 7.58. The van der Waals surface area contributed by atoms with Gasteiger partial charge in [-0.1, -0.05) is 6.07 Å². The van der Waals surface area contributed by atoms with E-state index in [9.17, 15) is 23.5 Å². The fraction of sp³-hybridized carbons (Fsp3) is 0.692. The number of rotatable bonds is 5. The topological polar surface area (TPSA) is 69.6 Å². The van der Waals surface area contributed by atoms with Crippen molar-refractivity contribution in [2.75, 3.05) is 13.1 Å². The van der Waals surface area contributed by atoms with Crippen LogP contribution in [-0.4, -0.2) is 46.6 Å². The Morgan fingerprint density at radius 1 is 1.09 bits per heavy atom. The molecule has 4 bridgehead atoms. The monoisotopic (exact) mass is 460 g/mol. The van der Waals surface area contributed by atoms with Crippen molar-refractivity contribution in [2.24, 2.45) is 23.2 Å². The Morgan fingerprint density at radius 3 is 2.30 bits per heavy atom. The molecule has 0 radical (unpaired) electrons. The molecule has 180 valence electrons. The van der Waals surface area contributed by atoms with Gasteiger partial charge in [0.25, 0.3) is 0 Å². The average molecular weight is 461 g/mol. The minimum Gasteiger partial charge on any atom is -0.481 e. The van der Waals surface area contributed by atoms with E-state index in [1.807, 2.05) is 13.8 Å². The van der Waals surface area contributed by atoms with E-state index in [1.165, 1.54) is 6.07 Å². The first-order valence-corrected chi connectivity index (χ1v) is 12.3. The molecule has 1 heterocycles. The number of likely N-dealkylation sites (tertiary alicyclic amines) is 1. The Labute approximate surface area is 193 Å². The summed E-state index contributed by atoms with van der Waals surface area (Å²) in [6.07, 6.45) is 5.63. The molecular weight excluding hydrogens is 426 g/mol. The number of carboxylic acids is 1. The first-order chi connectivity index (χ1) is 15.6. The summed E-state index contributed by atoms with van der Waals surface area (Å²) in [7, 11) is 0. The number of carbonyl (C=O) groups is 2. The molecule has 1 aromatic carbocycles. The molecular formula is C26H34F2N2O3. The number of halogens is 2. The third kappa shape index (κ3) is 3.86. The first kappa shape index (κ1) is 22.8. The van der Waals surface area contributed by atoms with Crippen molar-refractivity contribution in [3.63, 3.8) is 0 Å². The maximum Gasteiger partial charge on any atom is 0.309 e. The van der Waals surface area contributed by atoms with Gasteiger partial charge in [0.15, 0.2) is 0 Å². The Morgan fingerprint density at radius 2 is 1.73 bits per heavy atom. The summed E-state index contributed by atoms with van der Waals surface area (Å²) in [4.78, 5) is 27.6. The number of aliphatic carboxylic acids is 1. The standard InChI is InChI=1S/C26H34F2N2O3/c1-25(2,30-7-5-16(6-8-30)20-4-3-19(27)11-21(20)28)23(31)29-22-17-9-15-10-18(22)14-26(12-15,13-17)24(32)33/h3-4,11,15-18,22H,5-10,12-14H2,1-2H3,(H,29,31)(H,32,33). The molecule has 6 rings (SSSR count). The van der Waals surface area contributed by atoms with Crippen molar-refractivity contribution in [2.45, 2.75) is 76.3 Å². The van der Waals surface area contributed by atoms with Gasteiger partial charge in [0.1, 0.15) is 11.6 Å². The molecule has 1 saturated heterocycles. The van der Waals surface area contributed by atoms with Crippen molar-refractivity contribution in [3.05, 3.63) is 35.4 Å². The van der Waals surface area contributed by atoms with Crippen LogP contribution in [0.3, 0.4) is 0 Å². The molecule has 2 N–H and O–H groups in total. The number of carbonyl (C=O) groups excluding carboxylic acids is 1. The summed E-state index contributed by atoms with van der Waals surface area (Å²) >= 11 is 0. The molecule has 4 aliphatic carbocycles. The molecule has 2 unspecified atom stereocenters. The van der Waals surface area contributed by atoms with E-state index in [0.29, 0.717) is 37.4 Å². The number of amides is 1. The van der Waals surface area contributed by atoms with Gasteiger partial charge in [0.05, 0.1) is 11.0 Å². The second-order valence-corrected chi connectivity index (χ2v) is 11.5. The van der Waals surface area contributed by atoms with Crippen molar-refractivity contribution < 1.29 is 23.5 Å². The van der Waals surface area contributed by atoms with Crippen LogP contribution in [0, 0.1) is 34.8 Å². The van der Waals surface area contributed by atoms with Gasteiger partial charge in [-0.05, 0) is 107 Å². The van der Waals surface area contributed by atoms with E-state index in [-0.39, 0.29) is 29.7 Å². The Hall–Kier alpha value is -2.02. The average Bonchev–Trinajstić information content (AvgIpc) is 2.75. The minimum atomic E-state index is -0.703. The van der Waals surface area contributed by atoms with Crippen molar-refractivity contribution in [3.8, 4) is 0 Å². The second kappa shape index (κ2) is 8.03. The van der Waals surface area contributed by atoms with Gasteiger partial charge in [0, 0.05) is 12.1 Å². The zero-order valence-electron chi connectivity index (χ0n) is 19.4. The second-order valence-electron chi connectivity index (χ2n) is 11.5. The molecule has 0 spiro atoms. The quantitative estimate of drug-likeness (QED) is 0.687. The van der Waals surface area contributed by atoms with E-state index in [0.717, 1.165) is 38.2 Å². The van der Waals surface area contributed by atoms with Crippen LogP contribution in [-0.2, 0) is 9.59 Å². The highest BCUT2D eigenvalue weighted by molar-refractivity contribution is 5.86. The summed E-state index contributed by atoms with van der Waals surface area (Å²) in [5.41, 5.74) is -0.727. The van der Waals surface area contributed by atoms with E-state index < -0.39 is 28.6 Å². The van der Waals surface area contributed by atoms with E-state index in [4.69, 9.17) is 0 Å². The van der Waals surface area contributed by atoms with E-state index >= 15 is 0 Å². The predicted molar refractivity (Wildman–Crippen MR) is 120 cm³/mol. The number of nitrogens with one attached hydrogen (secondary N) is 1. The molecule has 5 nitrogen and oxygen atoms in total. The highest BCUT2D eigenvalue weighted by atomic mass is 19.1. The number of hydrogen-bond donors (Lipinski definition) is 2. The van der Waals surface area contributed by atoms with Crippen molar-refractivity contribution in [1.82, 2.24) is 10.2 Å². The SMILES string of the molecule is CC(C)(C(=O)NC1C2CC3CC1CC(C(=O)O)(C3)C2)N1CCC(c2ccc(F)cc2F)CC1. The molecule has 33 heavy (non-hydrogen) atoms. The minimum absolute atomic E-state index is 0.00392. The molecule has 5 fully saturated rings. The van der Waals surface area contributed by atoms with Gasteiger partial charge in [0.2, 0.25) is 5.91 Å². The zero-order valence-corrected chi connectivity index (χ0v) is 19.4. The maximum absolute atomic E-state index is 14.2. The van der Waals surface area contributed by atoms with Crippen LogP contribution >= 0.6 is 0 Å². The molecule has 1 aliphatic heterocycles. The van der Waals surface area contributed by atoms with Crippen molar-refractivity contribution in [1.29, 1.82) is 0 Å². The van der Waals surface area contributed by atoms with Crippen molar-refractivity contribution >= 4 is 11.9 Å². The highest BCUT2D eigenvalue weighted by Gasteiger charge is 2.59. The van der Waals surface area contributed by atoms with Crippen LogP contribution in [0.25, 0.3) is 0 Å². The van der Waals surface area contributed by atoms with Gasteiger partial charge in [-0.3, -0.25) is 14.5 Å². The number of benzene rings is 1. The van der Waals surface area contributed by atoms with Crippen LogP contribution in [0.1, 0.15) is 70.3 Å². The van der Waals surface area contributed by atoms with Crippen LogP contribution in [0.4, 0.5) is 8.78 Å². The lowest BCUT2D eigenvalue weighted by molar-refractivity contribution is -0.168. The van der Waals surface area contributed by atoms with E-state index in [2.05, 4.69) is 10.2 Å². The van der Waals surface area contributed by atoms with Gasteiger partial charge >= 0.3 is 5.97 Å². The van der Waals surface area contributed by atoms with Gasteiger partial charge in [-0.2, -0.15) is 0 Å². The van der Waals surface area contributed by atoms with Gasteiger partial charge in [-0.15, -0.1) is 0 Å². The fourth-order valence-electron chi connectivity index (χ4n) is 7.58. The molecule has 2 atom stereocenters. The van der Waals surface area contributed by atoms with Crippen LogP contribution < -0.4 is 5.32 Å². The van der Waals surface area contributed by atoms with Gasteiger partial charge < -0.3 is 10.4 Å². The van der Waals surface area contributed by atoms with Crippen LogP contribution in [0.15, 0.2) is 18.2 Å². The lowest BCUT2D eigenvalue weighted by Crippen LogP contribution is -2.65. The normalized spacial score (nSPS) is 34.4.